The van der Waals surface area contributed by atoms with Crippen molar-refractivity contribution in [1.29, 1.82) is 0 Å². The maximum Gasteiger partial charge on any atom is 0.319 e. The summed E-state index contributed by atoms with van der Waals surface area (Å²) in [5, 5.41) is 8.51. The Kier molecular flexibility index (Phi) is 7.24. The highest BCUT2D eigenvalue weighted by molar-refractivity contribution is 7.99. The molecule has 132 valence electrons. The summed E-state index contributed by atoms with van der Waals surface area (Å²) in [7, 11) is 0. The molecule has 1 aromatic carbocycles. The average molecular weight is 350 g/mol. The lowest BCUT2D eigenvalue weighted by Crippen LogP contribution is -2.40. The molecular weight excluding hydrogens is 324 g/mol. The molecule has 1 fully saturated rings. The molecule has 0 unspecified atom stereocenters. The summed E-state index contributed by atoms with van der Waals surface area (Å²) < 4.78 is 0. The van der Waals surface area contributed by atoms with Crippen molar-refractivity contribution >= 4 is 29.5 Å². The Morgan fingerprint density at radius 3 is 2.62 bits per heavy atom. The van der Waals surface area contributed by atoms with E-state index in [0.29, 0.717) is 6.54 Å². The standard InChI is InChI=1S/C17H26N4O2S/c1-13(2)19-16(22)20-15-6-4-14(5-7-15)12-18-17(23)21-8-3-10-24-11-9-21/h4-7,13H,3,8-12H2,1-2H3,(H,18,23)(H2,19,20,22). The molecule has 24 heavy (non-hydrogen) atoms. The number of nitrogens with one attached hydrogen (secondary N) is 3. The summed E-state index contributed by atoms with van der Waals surface area (Å²) in [6.07, 6.45) is 1.05. The number of benzene rings is 1. The van der Waals surface area contributed by atoms with Gasteiger partial charge >= 0.3 is 12.1 Å². The summed E-state index contributed by atoms with van der Waals surface area (Å²) in [5.41, 5.74) is 1.73. The minimum Gasteiger partial charge on any atom is -0.336 e. The number of amides is 4. The van der Waals surface area contributed by atoms with E-state index < -0.39 is 0 Å². The van der Waals surface area contributed by atoms with E-state index in [1.807, 2.05) is 54.8 Å². The zero-order valence-corrected chi connectivity index (χ0v) is 15.1. The van der Waals surface area contributed by atoms with Crippen LogP contribution >= 0.6 is 11.8 Å². The second-order valence-corrected chi connectivity index (χ2v) is 7.29. The van der Waals surface area contributed by atoms with Crippen LogP contribution in [0, 0.1) is 0 Å². The summed E-state index contributed by atoms with van der Waals surface area (Å²) in [6, 6.07) is 7.36. The maximum absolute atomic E-state index is 12.2. The lowest BCUT2D eigenvalue weighted by molar-refractivity contribution is 0.201. The molecule has 0 saturated carbocycles. The van der Waals surface area contributed by atoms with Crippen LogP contribution in [-0.2, 0) is 6.54 Å². The first-order chi connectivity index (χ1) is 11.5. The number of hydrogen-bond acceptors (Lipinski definition) is 3. The molecule has 0 atom stereocenters. The summed E-state index contributed by atoms with van der Waals surface area (Å²) in [5.74, 6) is 2.13. The Bertz CT molecular complexity index is 540. The lowest BCUT2D eigenvalue weighted by atomic mass is 10.2. The van der Waals surface area contributed by atoms with Gasteiger partial charge in [-0.25, -0.2) is 9.59 Å². The summed E-state index contributed by atoms with van der Waals surface area (Å²) >= 11 is 1.90. The molecule has 0 aromatic heterocycles. The molecule has 1 saturated heterocycles. The van der Waals surface area contributed by atoms with E-state index in [-0.39, 0.29) is 18.1 Å². The molecule has 6 nitrogen and oxygen atoms in total. The van der Waals surface area contributed by atoms with Crippen molar-refractivity contribution in [1.82, 2.24) is 15.5 Å². The molecule has 7 heteroatoms. The molecule has 1 aliphatic heterocycles. The predicted molar refractivity (Wildman–Crippen MR) is 99.5 cm³/mol. The summed E-state index contributed by atoms with van der Waals surface area (Å²) in [6.45, 7) is 5.95. The fraction of sp³-hybridized carbons (Fsp3) is 0.529. The molecule has 0 bridgehead atoms. The number of anilines is 1. The van der Waals surface area contributed by atoms with Gasteiger partial charge in [-0.3, -0.25) is 0 Å². The Labute approximate surface area is 147 Å². The number of rotatable bonds is 4. The van der Waals surface area contributed by atoms with Crippen molar-refractivity contribution < 1.29 is 9.59 Å². The average Bonchev–Trinajstić information content (AvgIpc) is 2.82. The first-order valence-electron chi connectivity index (χ1n) is 8.31. The third-order valence-corrected chi connectivity index (χ3v) is 4.63. The first-order valence-corrected chi connectivity index (χ1v) is 9.47. The molecule has 1 aromatic rings. The Morgan fingerprint density at radius 2 is 1.92 bits per heavy atom. The second kappa shape index (κ2) is 9.42. The van der Waals surface area contributed by atoms with Crippen LogP contribution in [0.4, 0.5) is 15.3 Å². The number of thioether (sulfide) groups is 1. The zero-order chi connectivity index (χ0) is 17.4. The largest absolute Gasteiger partial charge is 0.336 e. The Balaban J connectivity index is 1.78. The van der Waals surface area contributed by atoms with Crippen molar-refractivity contribution in [2.75, 3.05) is 29.9 Å². The van der Waals surface area contributed by atoms with Gasteiger partial charge in [0.15, 0.2) is 0 Å². The number of urea groups is 2. The molecule has 2 rings (SSSR count). The van der Waals surface area contributed by atoms with Crippen LogP contribution in [0.25, 0.3) is 0 Å². The molecule has 1 heterocycles. The van der Waals surface area contributed by atoms with E-state index in [1.54, 1.807) is 0 Å². The number of hydrogen-bond donors (Lipinski definition) is 3. The molecule has 0 spiro atoms. The topological polar surface area (TPSA) is 73.5 Å². The minimum absolute atomic E-state index is 0.00369. The molecule has 4 amide bonds. The molecule has 3 N–H and O–H groups in total. The Morgan fingerprint density at radius 1 is 1.17 bits per heavy atom. The van der Waals surface area contributed by atoms with Crippen molar-refractivity contribution in [2.24, 2.45) is 0 Å². The molecule has 1 aliphatic rings. The predicted octanol–water partition coefficient (Wildman–Crippen LogP) is 2.87. The van der Waals surface area contributed by atoms with E-state index >= 15 is 0 Å². The third kappa shape index (κ3) is 6.31. The highest BCUT2D eigenvalue weighted by atomic mass is 32.2. The molecule has 0 aliphatic carbocycles. The number of carbonyl (C=O) groups excluding carboxylic acids is 2. The zero-order valence-electron chi connectivity index (χ0n) is 14.3. The van der Waals surface area contributed by atoms with E-state index in [2.05, 4.69) is 16.0 Å². The van der Waals surface area contributed by atoms with Gasteiger partial charge in [-0.05, 0) is 43.7 Å². The summed E-state index contributed by atoms with van der Waals surface area (Å²) in [4.78, 5) is 25.7. The first kappa shape index (κ1) is 18.4. The van der Waals surface area contributed by atoms with E-state index in [1.165, 1.54) is 0 Å². The van der Waals surface area contributed by atoms with E-state index in [9.17, 15) is 9.59 Å². The van der Waals surface area contributed by atoms with Crippen LogP contribution in [0.2, 0.25) is 0 Å². The number of nitrogens with zero attached hydrogens (tertiary/aromatic N) is 1. The monoisotopic (exact) mass is 350 g/mol. The number of carbonyl (C=O) groups is 2. The smallest absolute Gasteiger partial charge is 0.319 e. The van der Waals surface area contributed by atoms with Gasteiger partial charge in [0.25, 0.3) is 0 Å². The van der Waals surface area contributed by atoms with E-state index in [0.717, 1.165) is 42.3 Å². The van der Waals surface area contributed by atoms with Gasteiger partial charge in [-0.15, -0.1) is 0 Å². The van der Waals surface area contributed by atoms with Gasteiger partial charge in [-0.2, -0.15) is 11.8 Å². The van der Waals surface area contributed by atoms with Gasteiger partial charge in [-0.1, -0.05) is 12.1 Å². The Hall–Kier alpha value is -1.89. The van der Waals surface area contributed by atoms with Crippen LogP contribution in [0.5, 0.6) is 0 Å². The molecule has 0 radical (unpaired) electrons. The highest BCUT2D eigenvalue weighted by Gasteiger charge is 2.14. The van der Waals surface area contributed by atoms with Gasteiger partial charge in [0, 0.05) is 37.1 Å². The fourth-order valence-corrected chi connectivity index (χ4v) is 3.26. The van der Waals surface area contributed by atoms with Gasteiger partial charge < -0.3 is 20.9 Å². The van der Waals surface area contributed by atoms with Crippen LogP contribution in [0.3, 0.4) is 0 Å². The van der Waals surface area contributed by atoms with Crippen LogP contribution in [-0.4, -0.2) is 47.6 Å². The lowest BCUT2D eigenvalue weighted by Gasteiger charge is -2.20. The quantitative estimate of drug-likeness (QED) is 0.782. The van der Waals surface area contributed by atoms with Gasteiger partial charge in [0.2, 0.25) is 0 Å². The fourth-order valence-electron chi connectivity index (χ4n) is 2.37. The van der Waals surface area contributed by atoms with Crippen LogP contribution in [0.1, 0.15) is 25.8 Å². The van der Waals surface area contributed by atoms with Crippen molar-refractivity contribution in [3.8, 4) is 0 Å². The normalized spacial score (nSPS) is 14.9. The second-order valence-electron chi connectivity index (χ2n) is 6.06. The van der Waals surface area contributed by atoms with Gasteiger partial charge in [0.05, 0.1) is 0 Å². The van der Waals surface area contributed by atoms with Crippen molar-refractivity contribution in [2.45, 2.75) is 32.9 Å². The van der Waals surface area contributed by atoms with Crippen LogP contribution < -0.4 is 16.0 Å². The highest BCUT2D eigenvalue weighted by Crippen LogP contribution is 2.11. The van der Waals surface area contributed by atoms with Crippen molar-refractivity contribution in [3.63, 3.8) is 0 Å². The molecular formula is C17H26N4O2S. The van der Waals surface area contributed by atoms with Gasteiger partial charge in [0.1, 0.15) is 0 Å². The third-order valence-electron chi connectivity index (χ3n) is 3.58. The van der Waals surface area contributed by atoms with Crippen molar-refractivity contribution in [3.05, 3.63) is 29.8 Å². The van der Waals surface area contributed by atoms with E-state index in [4.69, 9.17) is 0 Å². The minimum atomic E-state index is -0.218. The van der Waals surface area contributed by atoms with Crippen LogP contribution in [0.15, 0.2) is 24.3 Å². The maximum atomic E-state index is 12.2. The SMILES string of the molecule is CC(C)NC(=O)Nc1ccc(CNC(=O)N2CCCSCC2)cc1.